The molecule has 1 atom stereocenters. The molecule has 0 bridgehead atoms. The average molecular weight is 236 g/mol. The summed E-state index contributed by atoms with van der Waals surface area (Å²) in [5.41, 5.74) is 2.37. The van der Waals surface area contributed by atoms with Crippen LogP contribution in [-0.2, 0) is 0 Å². The molecule has 1 unspecified atom stereocenters. The van der Waals surface area contributed by atoms with Crippen LogP contribution in [0, 0.1) is 19.7 Å². The summed E-state index contributed by atoms with van der Waals surface area (Å²) < 4.78 is 13.1. The molecule has 0 saturated heterocycles. The fraction of sp³-hybridized carbons (Fsp3) is 0.231. The van der Waals surface area contributed by atoms with Gasteiger partial charge in [-0.1, -0.05) is 6.07 Å². The zero-order valence-electron chi connectivity index (χ0n) is 9.20. The molecule has 0 spiro atoms. The molecule has 3 heteroatoms. The highest BCUT2D eigenvalue weighted by molar-refractivity contribution is 7.10. The lowest BCUT2D eigenvalue weighted by Gasteiger charge is -2.12. The highest BCUT2D eigenvalue weighted by atomic mass is 32.1. The smallest absolute Gasteiger partial charge is 0.123 e. The zero-order valence-corrected chi connectivity index (χ0v) is 10.0. The minimum absolute atomic E-state index is 0.313. The van der Waals surface area contributed by atoms with E-state index < -0.39 is 6.10 Å². The molecule has 1 N–H and O–H groups in total. The predicted octanol–water partition coefficient (Wildman–Crippen LogP) is 3.59. The largest absolute Gasteiger partial charge is 0.384 e. The van der Waals surface area contributed by atoms with Crippen LogP contribution in [0.5, 0.6) is 0 Å². The first-order valence-electron chi connectivity index (χ1n) is 5.07. The summed E-state index contributed by atoms with van der Waals surface area (Å²) in [6, 6.07) is 6.42. The maximum absolute atomic E-state index is 13.1. The number of hydrogen-bond donors (Lipinski definition) is 1. The molecule has 1 heterocycles. The van der Waals surface area contributed by atoms with E-state index in [0.717, 1.165) is 16.0 Å². The molecular weight excluding hydrogens is 223 g/mol. The van der Waals surface area contributed by atoms with E-state index >= 15 is 0 Å². The summed E-state index contributed by atoms with van der Waals surface area (Å²) in [6.45, 7) is 3.86. The number of aryl methyl sites for hydroxylation is 2. The molecule has 0 aliphatic heterocycles. The van der Waals surface area contributed by atoms with Crippen molar-refractivity contribution in [3.63, 3.8) is 0 Å². The standard InChI is InChI=1S/C13H13FOS/c1-8-3-4-11(14)6-12(8)13(15)10-5-9(2)16-7-10/h3-7,13,15H,1-2H3. The Kier molecular flexibility index (Phi) is 3.08. The Balaban J connectivity index is 2.40. The van der Waals surface area contributed by atoms with Gasteiger partial charge in [-0.3, -0.25) is 0 Å². The molecule has 1 aromatic carbocycles. The second-order valence-electron chi connectivity index (χ2n) is 3.89. The summed E-state index contributed by atoms with van der Waals surface area (Å²) in [6.07, 6.45) is -0.736. The van der Waals surface area contributed by atoms with E-state index in [9.17, 15) is 9.50 Å². The van der Waals surface area contributed by atoms with Gasteiger partial charge in [-0.05, 0) is 54.1 Å². The van der Waals surface area contributed by atoms with Crippen LogP contribution in [0.4, 0.5) is 4.39 Å². The lowest BCUT2D eigenvalue weighted by atomic mass is 9.99. The van der Waals surface area contributed by atoms with Crippen molar-refractivity contribution in [3.05, 3.63) is 57.0 Å². The van der Waals surface area contributed by atoms with Gasteiger partial charge in [0.25, 0.3) is 0 Å². The second kappa shape index (κ2) is 4.36. The topological polar surface area (TPSA) is 20.2 Å². The molecule has 1 nitrogen and oxygen atoms in total. The minimum Gasteiger partial charge on any atom is -0.384 e. The molecule has 0 saturated carbocycles. The van der Waals surface area contributed by atoms with Crippen LogP contribution in [0.3, 0.4) is 0 Å². The van der Waals surface area contributed by atoms with Crippen LogP contribution in [0.2, 0.25) is 0 Å². The molecular formula is C13H13FOS. The zero-order chi connectivity index (χ0) is 11.7. The number of hydrogen-bond acceptors (Lipinski definition) is 2. The van der Waals surface area contributed by atoms with Gasteiger partial charge >= 0.3 is 0 Å². The number of aliphatic hydroxyl groups excluding tert-OH is 1. The highest BCUT2D eigenvalue weighted by Crippen LogP contribution is 2.28. The van der Waals surface area contributed by atoms with Crippen LogP contribution < -0.4 is 0 Å². The van der Waals surface area contributed by atoms with Crippen molar-refractivity contribution in [3.8, 4) is 0 Å². The molecule has 2 aromatic rings. The normalized spacial score (nSPS) is 12.8. The highest BCUT2D eigenvalue weighted by Gasteiger charge is 2.14. The van der Waals surface area contributed by atoms with E-state index in [0.29, 0.717) is 5.56 Å². The third-order valence-electron chi connectivity index (χ3n) is 2.60. The summed E-state index contributed by atoms with van der Waals surface area (Å²) >= 11 is 1.58. The third kappa shape index (κ3) is 2.15. The van der Waals surface area contributed by atoms with Gasteiger partial charge in [0.15, 0.2) is 0 Å². The van der Waals surface area contributed by atoms with Crippen molar-refractivity contribution in [2.75, 3.05) is 0 Å². The Morgan fingerprint density at radius 1 is 1.25 bits per heavy atom. The van der Waals surface area contributed by atoms with Crippen LogP contribution in [0.1, 0.15) is 27.7 Å². The summed E-state index contributed by atoms with van der Waals surface area (Å²) in [4.78, 5) is 1.14. The molecule has 1 aromatic heterocycles. The molecule has 0 aliphatic rings. The molecule has 0 fully saturated rings. The third-order valence-corrected chi connectivity index (χ3v) is 3.48. The van der Waals surface area contributed by atoms with Crippen molar-refractivity contribution < 1.29 is 9.50 Å². The van der Waals surface area contributed by atoms with Crippen LogP contribution in [0.25, 0.3) is 0 Å². The molecule has 2 rings (SSSR count). The van der Waals surface area contributed by atoms with Crippen molar-refractivity contribution >= 4 is 11.3 Å². The predicted molar refractivity (Wildman–Crippen MR) is 64.3 cm³/mol. The lowest BCUT2D eigenvalue weighted by molar-refractivity contribution is 0.219. The van der Waals surface area contributed by atoms with Crippen molar-refractivity contribution in [1.29, 1.82) is 0 Å². The number of rotatable bonds is 2. The van der Waals surface area contributed by atoms with Crippen LogP contribution in [-0.4, -0.2) is 5.11 Å². The van der Waals surface area contributed by atoms with Gasteiger partial charge in [0, 0.05) is 4.88 Å². The first-order valence-corrected chi connectivity index (χ1v) is 5.95. The molecule has 0 aliphatic carbocycles. The lowest BCUT2D eigenvalue weighted by Crippen LogP contribution is -2.01. The van der Waals surface area contributed by atoms with Crippen molar-refractivity contribution in [1.82, 2.24) is 0 Å². The van der Waals surface area contributed by atoms with E-state index in [1.807, 2.05) is 25.3 Å². The molecule has 0 amide bonds. The quantitative estimate of drug-likeness (QED) is 0.845. The van der Waals surface area contributed by atoms with E-state index in [1.165, 1.54) is 12.1 Å². The van der Waals surface area contributed by atoms with E-state index in [1.54, 1.807) is 17.4 Å². The second-order valence-corrected chi connectivity index (χ2v) is 5.01. The number of halogens is 1. The summed E-state index contributed by atoms with van der Waals surface area (Å²) in [5.74, 6) is -0.313. The van der Waals surface area contributed by atoms with Crippen molar-refractivity contribution in [2.45, 2.75) is 20.0 Å². The van der Waals surface area contributed by atoms with Gasteiger partial charge in [-0.15, -0.1) is 11.3 Å². The Hall–Kier alpha value is -1.19. The van der Waals surface area contributed by atoms with Gasteiger partial charge in [0.05, 0.1) is 0 Å². The van der Waals surface area contributed by atoms with Crippen LogP contribution >= 0.6 is 11.3 Å². The Bertz CT molecular complexity index is 504. The number of benzene rings is 1. The summed E-state index contributed by atoms with van der Waals surface area (Å²) in [5, 5.41) is 12.1. The molecule has 16 heavy (non-hydrogen) atoms. The Morgan fingerprint density at radius 2 is 2.00 bits per heavy atom. The van der Waals surface area contributed by atoms with Crippen LogP contribution in [0.15, 0.2) is 29.6 Å². The van der Waals surface area contributed by atoms with Crippen molar-refractivity contribution in [2.24, 2.45) is 0 Å². The fourth-order valence-electron chi connectivity index (χ4n) is 1.69. The van der Waals surface area contributed by atoms with Gasteiger partial charge in [0.2, 0.25) is 0 Å². The Morgan fingerprint density at radius 3 is 2.62 bits per heavy atom. The van der Waals surface area contributed by atoms with E-state index in [4.69, 9.17) is 0 Å². The number of aliphatic hydroxyl groups is 1. The average Bonchev–Trinajstić information content (AvgIpc) is 2.67. The first kappa shape index (κ1) is 11.3. The van der Waals surface area contributed by atoms with E-state index in [2.05, 4.69) is 0 Å². The maximum Gasteiger partial charge on any atom is 0.123 e. The molecule has 0 radical (unpaired) electrons. The fourth-order valence-corrected chi connectivity index (χ4v) is 2.42. The SMILES string of the molecule is Cc1cc(C(O)c2cc(F)ccc2C)cs1. The minimum atomic E-state index is -0.736. The van der Waals surface area contributed by atoms with Gasteiger partial charge in [-0.25, -0.2) is 4.39 Å². The van der Waals surface area contributed by atoms with Gasteiger partial charge < -0.3 is 5.11 Å². The maximum atomic E-state index is 13.1. The van der Waals surface area contributed by atoms with Gasteiger partial charge in [-0.2, -0.15) is 0 Å². The number of thiophene rings is 1. The van der Waals surface area contributed by atoms with E-state index in [-0.39, 0.29) is 5.82 Å². The monoisotopic (exact) mass is 236 g/mol. The Labute approximate surface area is 98.2 Å². The molecule has 84 valence electrons. The van der Waals surface area contributed by atoms with Gasteiger partial charge in [0.1, 0.15) is 11.9 Å². The first-order chi connectivity index (χ1) is 7.58. The summed E-state index contributed by atoms with van der Waals surface area (Å²) in [7, 11) is 0.